The number of hydrogen-bond acceptors (Lipinski definition) is 8. The lowest BCUT2D eigenvalue weighted by Gasteiger charge is -2.27. The maximum atomic E-state index is 12.2. The first kappa shape index (κ1) is 24.7. The first-order valence-corrected chi connectivity index (χ1v) is 11.8. The number of carbonyl (C=O) groups is 8. The van der Waals surface area contributed by atoms with Gasteiger partial charge in [-0.25, -0.2) is 0 Å². The third-order valence-corrected chi connectivity index (χ3v) is 6.69. The van der Waals surface area contributed by atoms with Gasteiger partial charge in [0.1, 0.15) is 12.1 Å². The van der Waals surface area contributed by atoms with Gasteiger partial charge in [-0.3, -0.25) is 58.8 Å². The number of imide groups is 4. The maximum Gasteiger partial charge on any atom is 0.262 e. The van der Waals surface area contributed by atoms with Crippen molar-refractivity contribution >= 4 is 47.3 Å². The van der Waals surface area contributed by atoms with Crippen LogP contribution in [0.5, 0.6) is 0 Å². The highest BCUT2D eigenvalue weighted by atomic mass is 16.2. The van der Waals surface area contributed by atoms with Crippen molar-refractivity contribution in [3.63, 3.8) is 0 Å². The second-order valence-corrected chi connectivity index (χ2v) is 8.99. The van der Waals surface area contributed by atoms with Crippen molar-refractivity contribution in [1.29, 1.82) is 0 Å². The summed E-state index contributed by atoms with van der Waals surface area (Å²) in [4.78, 5) is 96.3. The summed E-state index contributed by atoms with van der Waals surface area (Å²) >= 11 is 0. The molecule has 0 radical (unpaired) electrons. The molecule has 12 heteroatoms. The standard InChI is InChI=1S/2C13H10N2O4/c2*16-10-6-5-9(11(17)14-10)15-12(18)7-3-1-2-4-8(7)13(15)19/h2*1-4,9H,5-6H2,(H,14,16,17). The number of rotatable bonds is 2. The Labute approximate surface area is 214 Å². The molecule has 2 aromatic carbocycles. The summed E-state index contributed by atoms with van der Waals surface area (Å²) in [5, 5.41) is 4.30. The predicted octanol–water partition coefficient (Wildman–Crippen LogP) is 0.176. The van der Waals surface area contributed by atoms with E-state index in [2.05, 4.69) is 10.6 Å². The minimum atomic E-state index is -0.898. The lowest BCUT2D eigenvalue weighted by atomic mass is 10.0. The Morgan fingerprint density at radius 2 is 0.789 bits per heavy atom. The number of carbonyl (C=O) groups excluding carboxylic acids is 8. The van der Waals surface area contributed by atoms with Crippen LogP contribution < -0.4 is 10.6 Å². The van der Waals surface area contributed by atoms with E-state index >= 15 is 0 Å². The highest BCUT2D eigenvalue weighted by Crippen LogP contribution is 2.28. The molecule has 2 fully saturated rings. The van der Waals surface area contributed by atoms with Gasteiger partial charge >= 0.3 is 0 Å². The fourth-order valence-corrected chi connectivity index (χ4v) is 4.84. The Morgan fingerprint density at radius 1 is 0.500 bits per heavy atom. The molecule has 2 aromatic rings. The van der Waals surface area contributed by atoms with Crippen LogP contribution in [0.2, 0.25) is 0 Å². The summed E-state index contributed by atoms with van der Waals surface area (Å²) in [6.07, 6.45) is 0.611. The second-order valence-electron chi connectivity index (χ2n) is 8.99. The fourth-order valence-electron chi connectivity index (χ4n) is 4.84. The Kier molecular flexibility index (Phi) is 6.15. The number of nitrogens with one attached hydrogen (secondary N) is 2. The first-order chi connectivity index (χ1) is 18.2. The van der Waals surface area contributed by atoms with Crippen LogP contribution in [-0.4, -0.2) is 69.1 Å². The van der Waals surface area contributed by atoms with Crippen LogP contribution in [0, 0.1) is 0 Å². The second kappa shape index (κ2) is 9.47. The van der Waals surface area contributed by atoms with E-state index in [1.54, 1.807) is 48.5 Å². The summed E-state index contributed by atoms with van der Waals surface area (Å²) in [6, 6.07) is 11.1. The minimum absolute atomic E-state index is 0.129. The van der Waals surface area contributed by atoms with Crippen LogP contribution in [0.15, 0.2) is 48.5 Å². The van der Waals surface area contributed by atoms with Gasteiger partial charge in [0.25, 0.3) is 23.6 Å². The van der Waals surface area contributed by atoms with E-state index in [9.17, 15) is 38.4 Å². The van der Waals surface area contributed by atoms with Crippen molar-refractivity contribution in [2.45, 2.75) is 37.8 Å². The quantitative estimate of drug-likeness (QED) is 0.533. The number of amides is 8. The largest absolute Gasteiger partial charge is 0.295 e. The molecule has 2 atom stereocenters. The molecule has 6 rings (SSSR count). The molecule has 0 bridgehead atoms. The summed E-state index contributed by atoms with van der Waals surface area (Å²) in [5.74, 6) is -3.84. The Bertz CT molecular complexity index is 1290. The van der Waals surface area contributed by atoms with Crippen molar-refractivity contribution in [3.8, 4) is 0 Å². The number of benzene rings is 2. The van der Waals surface area contributed by atoms with Crippen LogP contribution in [-0.2, 0) is 19.2 Å². The van der Waals surface area contributed by atoms with Gasteiger partial charge in [-0.15, -0.1) is 0 Å². The molecule has 0 spiro atoms. The average Bonchev–Trinajstić information content (AvgIpc) is 3.30. The summed E-state index contributed by atoms with van der Waals surface area (Å²) < 4.78 is 0. The maximum absolute atomic E-state index is 12.2. The molecule has 0 aliphatic carbocycles. The molecule has 2 saturated heterocycles. The molecule has 2 unspecified atom stereocenters. The molecule has 12 nitrogen and oxygen atoms in total. The molecule has 38 heavy (non-hydrogen) atoms. The molecular formula is C26H20N4O8. The van der Waals surface area contributed by atoms with Crippen LogP contribution in [0.25, 0.3) is 0 Å². The molecular weight excluding hydrogens is 496 g/mol. The predicted molar refractivity (Wildman–Crippen MR) is 126 cm³/mol. The van der Waals surface area contributed by atoms with Gasteiger partial charge in [0, 0.05) is 12.8 Å². The lowest BCUT2D eigenvalue weighted by Crippen LogP contribution is -2.54. The van der Waals surface area contributed by atoms with E-state index in [1.807, 2.05) is 0 Å². The molecule has 0 saturated carbocycles. The Balaban J connectivity index is 0.000000155. The zero-order valence-electron chi connectivity index (χ0n) is 19.8. The van der Waals surface area contributed by atoms with E-state index in [4.69, 9.17) is 0 Å². The van der Waals surface area contributed by atoms with Crippen LogP contribution >= 0.6 is 0 Å². The van der Waals surface area contributed by atoms with Crippen LogP contribution in [0.4, 0.5) is 0 Å². The van der Waals surface area contributed by atoms with E-state index in [0.29, 0.717) is 22.3 Å². The average molecular weight is 516 g/mol. The first-order valence-electron chi connectivity index (χ1n) is 11.8. The van der Waals surface area contributed by atoms with Crippen LogP contribution in [0.3, 0.4) is 0 Å². The van der Waals surface area contributed by atoms with Crippen molar-refractivity contribution < 1.29 is 38.4 Å². The smallest absolute Gasteiger partial charge is 0.262 e. The third kappa shape index (κ3) is 4.05. The summed E-state index contributed by atoms with van der Waals surface area (Å²) in [6.45, 7) is 0. The van der Waals surface area contributed by atoms with E-state index in [-0.39, 0.29) is 37.5 Å². The molecule has 2 N–H and O–H groups in total. The molecule has 8 amide bonds. The normalized spacial score (nSPS) is 22.5. The van der Waals surface area contributed by atoms with Gasteiger partial charge in [-0.1, -0.05) is 24.3 Å². The van der Waals surface area contributed by atoms with Gasteiger partial charge < -0.3 is 0 Å². The fraction of sp³-hybridized carbons (Fsp3) is 0.231. The van der Waals surface area contributed by atoms with Crippen molar-refractivity contribution in [3.05, 3.63) is 70.8 Å². The Hall–Kier alpha value is -5.00. The monoisotopic (exact) mass is 516 g/mol. The highest BCUT2D eigenvalue weighted by Gasteiger charge is 2.45. The van der Waals surface area contributed by atoms with E-state index in [0.717, 1.165) is 9.80 Å². The van der Waals surface area contributed by atoms with Crippen molar-refractivity contribution in [2.24, 2.45) is 0 Å². The molecule has 192 valence electrons. The van der Waals surface area contributed by atoms with Gasteiger partial charge in [0.2, 0.25) is 23.6 Å². The summed E-state index contributed by atoms with van der Waals surface area (Å²) in [7, 11) is 0. The van der Waals surface area contributed by atoms with Gasteiger partial charge in [-0.2, -0.15) is 0 Å². The van der Waals surface area contributed by atoms with E-state index in [1.165, 1.54) is 0 Å². The van der Waals surface area contributed by atoms with Crippen LogP contribution in [0.1, 0.15) is 67.1 Å². The molecule has 4 aliphatic heterocycles. The third-order valence-electron chi connectivity index (χ3n) is 6.69. The van der Waals surface area contributed by atoms with Gasteiger partial charge in [0.15, 0.2) is 0 Å². The van der Waals surface area contributed by atoms with Gasteiger partial charge in [0.05, 0.1) is 22.3 Å². The van der Waals surface area contributed by atoms with Crippen molar-refractivity contribution in [2.75, 3.05) is 0 Å². The topological polar surface area (TPSA) is 167 Å². The number of hydrogen-bond donors (Lipinski definition) is 2. The lowest BCUT2D eigenvalue weighted by molar-refractivity contribution is -0.137. The van der Waals surface area contributed by atoms with Crippen molar-refractivity contribution in [1.82, 2.24) is 20.4 Å². The molecule has 4 aliphatic rings. The zero-order chi connectivity index (χ0) is 27.1. The summed E-state index contributed by atoms with van der Waals surface area (Å²) in [5.41, 5.74) is 1.21. The number of nitrogens with zero attached hydrogens (tertiary/aromatic N) is 2. The highest BCUT2D eigenvalue weighted by molar-refractivity contribution is 6.24. The SMILES string of the molecule is O=C1CCC(N2C(=O)c3ccccc3C2=O)C(=O)N1.O=C1CCC(N2C(=O)c3ccccc3C2=O)C(=O)N1. The Morgan fingerprint density at radius 3 is 1.05 bits per heavy atom. The van der Waals surface area contributed by atoms with Gasteiger partial charge in [-0.05, 0) is 37.1 Å². The zero-order valence-corrected chi connectivity index (χ0v) is 19.8. The molecule has 0 aromatic heterocycles. The minimum Gasteiger partial charge on any atom is -0.295 e. The van der Waals surface area contributed by atoms with E-state index < -0.39 is 47.5 Å². The number of piperidine rings is 2. The number of fused-ring (bicyclic) bond motifs is 2. The molecule has 4 heterocycles.